The standard InChI is InChI=1S/C44H37N3S2/c1-43(2)26-48-41(45-43)33-12-8-10-28(23-33)30-16-19-36-32(22-30)18-21-38-37-20-17-31(25-39(37)47(40(36)38)35-14-6-5-7-15-35)29-11-9-13-34(24-29)42-46-44(3,4)27-49-42/h5-25H,26-27H2,1-4H3. The van der Waals surface area contributed by atoms with Crippen LogP contribution in [0.5, 0.6) is 0 Å². The number of thioether (sulfide) groups is 2. The Kier molecular flexibility index (Phi) is 7.15. The van der Waals surface area contributed by atoms with E-state index in [1.54, 1.807) is 0 Å². The lowest BCUT2D eigenvalue weighted by atomic mass is 9.98. The predicted octanol–water partition coefficient (Wildman–Crippen LogP) is 11.8. The first-order valence-electron chi connectivity index (χ1n) is 16.9. The monoisotopic (exact) mass is 671 g/mol. The topological polar surface area (TPSA) is 29.6 Å². The van der Waals surface area contributed by atoms with Gasteiger partial charge < -0.3 is 4.57 Å². The van der Waals surface area contributed by atoms with Gasteiger partial charge in [-0.25, -0.2) is 0 Å². The third kappa shape index (κ3) is 5.50. The maximum absolute atomic E-state index is 5.01. The van der Waals surface area contributed by atoms with Crippen molar-refractivity contribution < 1.29 is 0 Å². The molecule has 2 aliphatic rings. The number of fused-ring (bicyclic) bond motifs is 5. The van der Waals surface area contributed by atoms with E-state index in [-0.39, 0.29) is 11.1 Å². The van der Waals surface area contributed by atoms with E-state index < -0.39 is 0 Å². The SMILES string of the molecule is CC1(C)CSC(c2cccc(-c3ccc4c(ccc5c6ccc(-c7cccc(C8=NC(C)(C)CS8)c7)cc6n(-c6ccccc6)c45)c3)c2)=N1. The molecular formula is C44H37N3S2. The molecule has 7 aromatic rings. The van der Waals surface area contributed by atoms with E-state index in [2.05, 4.69) is 160 Å². The molecule has 0 N–H and O–H groups in total. The minimum absolute atomic E-state index is 0.00625. The van der Waals surface area contributed by atoms with Gasteiger partial charge in [0.15, 0.2) is 0 Å². The summed E-state index contributed by atoms with van der Waals surface area (Å²) in [5.74, 6) is 2.04. The lowest BCUT2D eigenvalue weighted by Gasteiger charge is -2.12. The molecule has 49 heavy (non-hydrogen) atoms. The molecule has 0 atom stereocenters. The molecule has 5 heteroatoms. The zero-order chi connectivity index (χ0) is 33.3. The Bertz CT molecular complexity index is 2500. The predicted molar refractivity (Wildman–Crippen MR) is 215 cm³/mol. The van der Waals surface area contributed by atoms with Gasteiger partial charge in [0.1, 0.15) is 0 Å². The Balaban J connectivity index is 1.19. The number of hydrogen-bond donors (Lipinski definition) is 0. The molecule has 1 aromatic heterocycles. The molecule has 0 saturated carbocycles. The molecule has 3 heterocycles. The fourth-order valence-corrected chi connectivity index (χ4v) is 9.49. The van der Waals surface area contributed by atoms with Gasteiger partial charge >= 0.3 is 0 Å². The van der Waals surface area contributed by atoms with Crippen LogP contribution in [0.3, 0.4) is 0 Å². The molecule has 0 radical (unpaired) electrons. The lowest BCUT2D eigenvalue weighted by Crippen LogP contribution is -2.15. The molecule has 2 aliphatic heterocycles. The molecule has 0 bridgehead atoms. The molecular weight excluding hydrogens is 635 g/mol. The zero-order valence-electron chi connectivity index (χ0n) is 28.2. The maximum Gasteiger partial charge on any atom is 0.0984 e. The summed E-state index contributed by atoms with van der Waals surface area (Å²) in [6.07, 6.45) is 0. The molecule has 6 aromatic carbocycles. The number of benzene rings is 6. The molecule has 0 amide bonds. The summed E-state index contributed by atoms with van der Waals surface area (Å²) in [6, 6.07) is 47.0. The van der Waals surface area contributed by atoms with Crippen molar-refractivity contribution in [3.05, 3.63) is 139 Å². The molecule has 3 nitrogen and oxygen atoms in total. The van der Waals surface area contributed by atoms with Crippen molar-refractivity contribution in [2.75, 3.05) is 11.5 Å². The van der Waals surface area contributed by atoms with Crippen LogP contribution in [0.15, 0.2) is 137 Å². The van der Waals surface area contributed by atoms with Crippen molar-refractivity contribution in [3.8, 4) is 27.9 Å². The van der Waals surface area contributed by atoms with Gasteiger partial charge in [-0.2, -0.15) is 0 Å². The van der Waals surface area contributed by atoms with Crippen LogP contribution in [0.1, 0.15) is 38.8 Å². The summed E-state index contributed by atoms with van der Waals surface area (Å²) in [6.45, 7) is 8.84. The van der Waals surface area contributed by atoms with Gasteiger partial charge in [-0.1, -0.05) is 91.0 Å². The highest BCUT2D eigenvalue weighted by Gasteiger charge is 2.27. The fourth-order valence-electron chi connectivity index (χ4n) is 7.17. The van der Waals surface area contributed by atoms with Crippen molar-refractivity contribution in [2.24, 2.45) is 9.98 Å². The Morgan fingerprint density at radius 1 is 0.490 bits per heavy atom. The lowest BCUT2D eigenvalue weighted by molar-refractivity contribution is 0.605. The minimum atomic E-state index is -0.0134. The Morgan fingerprint density at radius 3 is 1.61 bits per heavy atom. The van der Waals surface area contributed by atoms with E-state index in [4.69, 9.17) is 9.98 Å². The second-order valence-electron chi connectivity index (χ2n) is 14.5. The molecule has 9 rings (SSSR count). The first kappa shape index (κ1) is 30.5. The molecule has 0 unspecified atom stereocenters. The minimum Gasteiger partial charge on any atom is -0.309 e. The third-order valence-electron chi connectivity index (χ3n) is 9.58. The average Bonchev–Trinajstić information content (AvgIpc) is 3.79. The smallest absolute Gasteiger partial charge is 0.0984 e. The van der Waals surface area contributed by atoms with Gasteiger partial charge in [0.05, 0.1) is 32.2 Å². The zero-order valence-corrected chi connectivity index (χ0v) is 29.8. The first-order chi connectivity index (χ1) is 23.7. The van der Waals surface area contributed by atoms with Crippen molar-refractivity contribution in [2.45, 2.75) is 38.8 Å². The number of nitrogens with zero attached hydrogens (tertiary/aromatic N) is 3. The molecule has 0 saturated heterocycles. The summed E-state index contributed by atoms with van der Waals surface area (Å²) in [5.41, 5.74) is 10.8. The van der Waals surface area contributed by atoms with Gasteiger partial charge in [0, 0.05) is 44.5 Å². The van der Waals surface area contributed by atoms with Crippen LogP contribution in [-0.4, -0.2) is 37.2 Å². The first-order valence-corrected chi connectivity index (χ1v) is 18.9. The van der Waals surface area contributed by atoms with E-state index in [1.807, 2.05) is 23.5 Å². The third-order valence-corrected chi connectivity index (χ3v) is 12.5. The van der Waals surface area contributed by atoms with Crippen LogP contribution in [0.4, 0.5) is 0 Å². The highest BCUT2D eigenvalue weighted by molar-refractivity contribution is 8.15. The Morgan fingerprint density at radius 2 is 1.02 bits per heavy atom. The number of aliphatic imine (C=N–C) groups is 2. The molecule has 240 valence electrons. The largest absolute Gasteiger partial charge is 0.309 e. The second kappa shape index (κ2) is 11.5. The van der Waals surface area contributed by atoms with Gasteiger partial charge in [0.2, 0.25) is 0 Å². The van der Waals surface area contributed by atoms with E-state index in [9.17, 15) is 0 Å². The number of para-hydroxylation sites is 1. The number of hydrogen-bond acceptors (Lipinski definition) is 4. The Hall–Kier alpha value is -4.58. The van der Waals surface area contributed by atoms with Crippen molar-refractivity contribution in [3.63, 3.8) is 0 Å². The average molecular weight is 672 g/mol. The second-order valence-corrected chi connectivity index (χ2v) is 16.4. The van der Waals surface area contributed by atoms with Crippen LogP contribution in [0.25, 0.3) is 60.5 Å². The van der Waals surface area contributed by atoms with Crippen LogP contribution in [0, 0.1) is 0 Å². The van der Waals surface area contributed by atoms with Crippen LogP contribution in [0.2, 0.25) is 0 Å². The number of aromatic nitrogens is 1. The summed E-state index contributed by atoms with van der Waals surface area (Å²) in [5, 5.41) is 7.28. The highest BCUT2D eigenvalue weighted by Crippen LogP contribution is 2.40. The van der Waals surface area contributed by atoms with E-state index in [1.165, 1.54) is 66.0 Å². The summed E-state index contributed by atoms with van der Waals surface area (Å²) >= 11 is 3.72. The Labute approximate surface area is 296 Å². The van der Waals surface area contributed by atoms with Crippen LogP contribution in [-0.2, 0) is 0 Å². The summed E-state index contributed by atoms with van der Waals surface area (Å²) < 4.78 is 2.46. The van der Waals surface area contributed by atoms with Crippen molar-refractivity contribution in [1.29, 1.82) is 0 Å². The quantitative estimate of drug-likeness (QED) is 0.182. The summed E-state index contributed by atoms with van der Waals surface area (Å²) in [4.78, 5) is 10.0. The van der Waals surface area contributed by atoms with Gasteiger partial charge in [-0.15, -0.1) is 23.5 Å². The van der Waals surface area contributed by atoms with Crippen LogP contribution >= 0.6 is 23.5 Å². The van der Waals surface area contributed by atoms with Gasteiger partial charge in [-0.05, 0) is 91.7 Å². The van der Waals surface area contributed by atoms with Crippen LogP contribution < -0.4 is 0 Å². The fraction of sp³-hybridized carbons (Fsp3) is 0.182. The molecule has 0 spiro atoms. The van der Waals surface area contributed by atoms with Gasteiger partial charge in [0.25, 0.3) is 0 Å². The summed E-state index contributed by atoms with van der Waals surface area (Å²) in [7, 11) is 0. The molecule has 0 aliphatic carbocycles. The molecule has 0 fully saturated rings. The van der Waals surface area contributed by atoms with Gasteiger partial charge in [-0.3, -0.25) is 9.98 Å². The van der Waals surface area contributed by atoms with E-state index in [0.29, 0.717) is 0 Å². The van der Waals surface area contributed by atoms with Crippen molar-refractivity contribution in [1.82, 2.24) is 4.57 Å². The van der Waals surface area contributed by atoms with E-state index in [0.717, 1.165) is 27.3 Å². The van der Waals surface area contributed by atoms with Crippen molar-refractivity contribution >= 4 is 66.2 Å². The maximum atomic E-state index is 5.01. The van der Waals surface area contributed by atoms with E-state index >= 15 is 0 Å². The highest BCUT2D eigenvalue weighted by atomic mass is 32.2. The normalized spacial score (nSPS) is 16.8. The number of rotatable bonds is 5.